The molecular formula is C18H16IN3O2. The number of methoxy groups -OCH3 is 1. The molecule has 0 aliphatic rings. The maximum atomic E-state index is 5.76. The average molecular weight is 433 g/mol. The monoisotopic (exact) mass is 433 g/mol. The second-order valence-corrected chi connectivity index (χ2v) is 6.28. The van der Waals surface area contributed by atoms with Gasteiger partial charge in [-0.2, -0.15) is 4.98 Å². The number of anilines is 2. The van der Waals surface area contributed by atoms with Crippen LogP contribution in [0.4, 0.5) is 11.5 Å². The highest BCUT2D eigenvalue weighted by Crippen LogP contribution is 2.26. The summed E-state index contributed by atoms with van der Waals surface area (Å²) in [5, 5.41) is 3.24. The third-order valence-corrected chi connectivity index (χ3v) is 4.06. The van der Waals surface area contributed by atoms with Gasteiger partial charge < -0.3 is 14.8 Å². The Labute approximate surface area is 154 Å². The van der Waals surface area contributed by atoms with E-state index in [-0.39, 0.29) is 0 Å². The van der Waals surface area contributed by atoms with Crippen molar-refractivity contribution in [2.45, 2.75) is 6.92 Å². The first-order valence-electron chi connectivity index (χ1n) is 7.32. The van der Waals surface area contributed by atoms with E-state index in [0.29, 0.717) is 17.5 Å². The first-order chi connectivity index (χ1) is 11.6. The van der Waals surface area contributed by atoms with E-state index in [1.807, 2.05) is 61.7 Å². The van der Waals surface area contributed by atoms with Gasteiger partial charge in [0, 0.05) is 18.0 Å². The molecule has 5 nitrogen and oxygen atoms in total. The summed E-state index contributed by atoms with van der Waals surface area (Å²) in [6, 6.07) is 15.3. The van der Waals surface area contributed by atoms with E-state index in [1.165, 1.54) is 0 Å². The van der Waals surface area contributed by atoms with Gasteiger partial charge in [0.25, 0.3) is 0 Å². The Bertz CT molecular complexity index is 821. The van der Waals surface area contributed by atoms with E-state index in [2.05, 4.69) is 37.9 Å². The van der Waals surface area contributed by atoms with Crippen LogP contribution in [-0.4, -0.2) is 17.1 Å². The molecule has 0 saturated carbocycles. The van der Waals surface area contributed by atoms with Crippen molar-refractivity contribution in [2.75, 3.05) is 12.4 Å². The van der Waals surface area contributed by atoms with Crippen LogP contribution in [0.2, 0.25) is 0 Å². The van der Waals surface area contributed by atoms with Gasteiger partial charge in [-0.15, -0.1) is 0 Å². The Kier molecular flexibility index (Phi) is 5.14. The third kappa shape index (κ3) is 4.14. The quantitative estimate of drug-likeness (QED) is 0.579. The van der Waals surface area contributed by atoms with Crippen LogP contribution in [0.15, 0.2) is 54.7 Å². The molecule has 1 N–H and O–H groups in total. The summed E-state index contributed by atoms with van der Waals surface area (Å²) in [5.41, 5.74) is 2.07. The lowest BCUT2D eigenvalue weighted by molar-refractivity contribution is 0.380. The third-order valence-electron chi connectivity index (χ3n) is 3.24. The molecule has 0 atom stereocenters. The molecule has 0 unspecified atom stereocenters. The highest BCUT2D eigenvalue weighted by Gasteiger charge is 2.05. The molecule has 1 aromatic carbocycles. The van der Waals surface area contributed by atoms with Gasteiger partial charge in [-0.3, -0.25) is 0 Å². The molecule has 0 aliphatic heterocycles. The molecule has 3 aromatic rings. The fourth-order valence-corrected chi connectivity index (χ4v) is 2.54. The molecule has 0 saturated heterocycles. The highest BCUT2D eigenvalue weighted by molar-refractivity contribution is 14.1. The van der Waals surface area contributed by atoms with Gasteiger partial charge in [-0.1, -0.05) is 6.07 Å². The van der Waals surface area contributed by atoms with E-state index < -0.39 is 0 Å². The zero-order chi connectivity index (χ0) is 16.9. The highest BCUT2D eigenvalue weighted by atomic mass is 127. The van der Waals surface area contributed by atoms with Crippen molar-refractivity contribution in [1.29, 1.82) is 0 Å². The van der Waals surface area contributed by atoms with E-state index in [1.54, 1.807) is 7.11 Å². The normalized spacial score (nSPS) is 10.3. The number of hydrogen-bond donors (Lipinski definition) is 1. The van der Waals surface area contributed by atoms with Crippen LogP contribution in [0, 0.1) is 10.5 Å². The van der Waals surface area contributed by atoms with Crippen LogP contribution in [-0.2, 0) is 0 Å². The summed E-state index contributed by atoms with van der Waals surface area (Å²) in [4.78, 5) is 8.63. The van der Waals surface area contributed by atoms with Crippen LogP contribution in [0.1, 0.15) is 5.56 Å². The van der Waals surface area contributed by atoms with Crippen molar-refractivity contribution < 1.29 is 9.47 Å². The number of nitrogens with zero attached hydrogens (tertiary/aromatic N) is 2. The van der Waals surface area contributed by atoms with E-state index in [9.17, 15) is 0 Å². The minimum Gasteiger partial charge on any atom is -0.480 e. The smallest absolute Gasteiger partial charge is 0.230 e. The Hall–Kier alpha value is -2.35. The second-order valence-electron chi connectivity index (χ2n) is 5.11. The van der Waals surface area contributed by atoms with E-state index in [4.69, 9.17) is 9.47 Å². The van der Waals surface area contributed by atoms with E-state index in [0.717, 1.165) is 20.6 Å². The lowest BCUT2D eigenvalue weighted by atomic mass is 10.3. The first-order valence-corrected chi connectivity index (χ1v) is 8.40. The van der Waals surface area contributed by atoms with Crippen molar-refractivity contribution in [2.24, 2.45) is 0 Å². The van der Waals surface area contributed by atoms with E-state index >= 15 is 0 Å². The topological polar surface area (TPSA) is 56.3 Å². The summed E-state index contributed by atoms with van der Waals surface area (Å²) in [7, 11) is 1.59. The molecule has 3 rings (SSSR count). The summed E-state index contributed by atoms with van der Waals surface area (Å²) >= 11 is 2.17. The Morgan fingerprint density at radius 2 is 1.79 bits per heavy atom. The zero-order valence-corrected chi connectivity index (χ0v) is 15.4. The van der Waals surface area contributed by atoms with Crippen LogP contribution in [0.25, 0.3) is 0 Å². The zero-order valence-electron chi connectivity index (χ0n) is 13.3. The maximum absolute atomic E-state index is 5.76. The van der Waals surface area contributed by atoms with Crippen molar-refractivity contribution in [3.63, 3.8) is 0 Å². The lowest BCUT2D eigenvalue weighted by Crippen LogP contribution is -1.95. The first kappa shape index (κ1) is 16.5. The van der Waals surface area contributed by atoms with Crippen molar-refractivity contribution in [3.8, 4) is 17.5 Å². The predicted octanol–water partition coefficient (Wildman–Crippen LogP) is 4.93. The fourth-order valence-electron chi connectivity index (χ4n) is 2.02. The Balaban J connectivity index is 1.69. The van der Waals surface area contributed by atoms with Gasteiger partial charge in [-0.25, -0.2) is 4.98 Å². The van der Waals surface area contributed by atoms with Crippen molar-refractivity contribution in [1.82, 2.24) is 9.97 Å². The minimum atomic E-state index is 0.494. The number of benzene rings is 1. The van der Waals surface area contributed by atoms with Gasteiger partial charge >= 0.3 is 0 Å². The SMILES string of the molecule is COc1nc(Oc2ccc(Nc3ccc(C)cn3)cc2)ccc1I. The number of ether oxygens (including phenoxy) is 2. The second kappa shape index (κ2) is 7.48. The summed E-state index contributed by atoms with van der Waals surface area (Å²) in [5.74, 6) is 2.55. The molecule has 0 bridgehead atoms. The van der Waals surface area contributed by atoms with Gasteiger partial charge in [0.05, 0.1) is 10.7 Å². The number of hydrogen-bond acceptors (Lipinski definition) is 5. The number of halogens is 1. The largest absolute Gasteiger partial charge is 0.480 e. The molecular weight excluding hydrogens is 417 g/mol. The van der Waals surface area contributed by atoms with Gasteiger partial charge in [0.15, 0.2) is 0 Å². The molecule has 2 aromatic heterocycles. The maximum Gasteiger partial charge on any atom is 0.230 e. The molecule has 2 heterocycles. The number of nitrogens with one attached hydrogen (secondary N) is 1. The van der Waals surface area contributed by atoms with Gasteiger partial charge in [-0.05, 0) is 71.5 Å². The minimum absolute atomic E-state index is 0.494. The van der Waals surface area contributed by atoms with Crippen LogP contribution < -0.4 is 14.8 Å². The van der Waals surface area contributed by atoms with Crippen LogP contribution >= 0.6 is 22.6 Å². The molecule has 24 heavy (non-hydrogen) atoms. The molecule has 0 aliphatic carbocycles. The molecule has 0 radical (unpaired) electrons. The predicted molar refractivity (Wildman–Crippen MR) is 102 cm³/mol. The van der Waals surface area contributed by atoms with Gasteiger partial charge in [0.2, 0.25) is 11.8 Å². The van der Waals surface area contributed by atoms with Crippen molar-refractivity contribution >= 4 is 34.1 Å². The molecule has 0 amide bonds. The Morgan fingerprint density at radius 1 is 1.00 bits per heavy atom. The van der Waals surface area contributed by atoms with Crippen molar-refractivity contribution in [3.05, 3.63) is 63.9 Å². The number of pyridine rings is 2. The Morgan fingerprint density at radius 3 is 2.46 bits per heavy atom. The molecule has 0 fully saturated rings. The number of rotatable bonds is 5. The average Bonchev–Trinajstić information content (AvgIpc) is 2.60. The number of aryl methyl sites for hydroxylation is 1. The molecule has 0 spiro atoms. The van der Waals surface area contributed by atoms with Gasteiger partial charge in [0.1, 0.15) is 11.6 Å². The molecule has 122 valence electrons. The standard InChI is InChI=1S/C18H16IN3O2/c1-12-3-9-16(20-11-12)21-13-4-6-14(7-5-13)24-17-10-8-15(19)18(22-17)23-2/h3-11H,1-2H3,(H,20,21). The fraction of sp³-hybridized carbons (Fsp3) is 0.111. The summed E-state index contributed by atoms with van der Waals surface area (Å²) in [6.07, 6.45) is 1.83. The van der Waals surface area contributed by atoms with Crippen LogP contribution in [0.3, 0.4) is 0 Å². The summed E-state index contributed by atoms with van der Waals surface area (Å²) in [6.45, 7) is 2.01. The molecule has 6 heteroatoms. The number of aromatic nitrogens is 2. The lowest BCUT2D eigenvalue weighted by Gasteiger charge is -2.09. The van der Waals surface area contributed by atoms with Crippen LogP contribution in [0.5, 0.6) is 17.5 Å². The summed E-state index contributed by atoms with van der Waals surface area (Å²) < 4.78 is 11.9.